The van der Waals surface area contributed by atoms with Gasteiger partial charge in [0.05, 0.1) is 34.1 Å². The zero-order chi connectivity index (χ0) is 19.2. The number of carbonyl (C=O) groups is 1. The molecule has 136 valence electrons. The summed E-state index contributed by atoms with van der Waals surface area (Å²) in [5, 5.41) is 12.6. The molecule has 0 aliphatic carbocycles. The third-order valence-corrected chi connectivity index (χ3v) is 4.47. The molecule has 2 aromatic heterocycles. The van der Waals surface area contributed by atoms with Gasteiger partial charge in [-0.1, -0.05) is 11.6 Å². The fourth-order valence-corrected chi connectivity index (χ4v) is 3.36. The number of nitrogens with zero attached hydrogens (tertiary/aromatic N) is 4. The summed E-state index contributed by atoms with van der Waals surface area (Å²) in [6.07, 6.45) is 0. The van der Waals surface area contributed by atoms with Crippen molar-refractivity contribution in [3.05, 3.63) is 39.5 Å². The summed E-state index contributed by atoms with van der Waals surface area (Å²) in [6, 6.07) is 6.63. The molecule has 27 heavy (non-hydrogen) atoms. The maximum absolute atomic E-state index is 13.0. The Bertz CT molecular complexity index is 1100. The quantitative estimate of drug-likeness (QED) is 0.378. The number of halogens is 1. The van der Waals surface area contributed by atoms with Crippen LogP contribution in [0.1, 0.15) is 0 Å². The molecule has 7 nitrogen and oxygen atoms in total. The van der Waals surface area contributed by atoms with Gasteiger partial charge in [-0.15, -0.1) is 0 Å². The van der Waals surface area contributed by atoms with Crippen molar-refractivity contribution < 1.29 is 39.5 Å². The van der Waals surface area contributed by atoms with E-state index in [0.717, 1.165) is 0 Å². The Morgan fingerprint density at radius 2 is 1.74 bits per heavy atom. The number of pyridine rings is 2. The first-order valence-corrected chi connectivity index (χ1v) is 8.30. The molecule has 0 atom stereocenters. The average Bonchev–Trinajstić information content (AvgIpc) is 2.57. The molecule has 9 heteroatoms. The van der Waals surface area contributed by atoms with Crippen LogP contribution >= 0.6 is 11.6 Å². The van der Waals surface area contributed by atoms with Crippen LogP contribution in [0, 0.1) is 0 Å². The molecule has 0 saturated heterocycles. The summed E-state index contributed by atoms with van der Waals surface area (Å²) in [6.45, 7) is -0.446. The SMILES string of the molecule is CN(C)c1ccc2c(=O)c3ccc(Cl)c(N(C)C)c3n(CC(=O)[O-])c2n1.[Na+]. The number of benzene rings is 1. The molecule has 2 heterocycles. The maximum atomic E-state index is 13.0. The van der Waals surface area contributed by atoms with E-state index >= 15 is 0 Å². The fraction of sp³-hybridized carbons (Fsp3) is 0.278. The topological polar surface area (TPSA) is 81.5 Å². The summed E-state index contributed by atoms with van der Waals surface area (Å²) in [4.78, 5) is 32.5. The van der Waals surface area contributed by atoms with Gasteiger partial charge >= 0.3 is 29.6 Å². The average molecular weight is 397 g/mol. The molecule has 0 amide bonds. The molecular formula is C18H18ClN4NaO3. The Labute approximate surface area is 183 Å². The molecule has 0 unspecified atom stereocenters. The van der Waals surface area contributed by atoms with Crippen LogP contribution in [0.15, 0.2) is 29.1 Å². The largest absolute Gasteiger partial charge is 1.00 e. The number of fused-ring (bicyclic) bond motifs is 2. The van der Waals surface area contributed by atoms with E-state index in [-0.39, 0.29) is 40.6 Å². The van der Waals surface area contributed by atoms with Gasteiger partial charge in [0.2, 0.25) is 0 Å². The van der Waals surface area contributed by atoms with Crippen LogP contribution in [0.3, 0.4) is 0 Å². The molecule has 0 spiro atoms. The predicted octanol–water partition coefficient (Wildman–Crippen LogP) is -1.91. The van der Waals surface area contributed by atoms with Crippen LogP contribution < -0.4 is 49.9 Å². The Morgan fingerprint density at radius 3 is 2.30 bits per heavy atom. The Morgan fingerprint density at radius 1 is 1.11 bits per heavy atom. The normalized spacial score (nSPS) is 10.7. The minimum Gasteiger partial charge on any atom is -0.548 e. The van der Waals surface area contributed by atoms with Gasteiger partial charge in [0, 0.05) is 33.6 Å². The van der Waals surface area contributed by atoms with Crippen LogP contribution in [0.25, 0.3) is 21.9 Å². The smallest absolute Gasteiger partial charge is 0.548 e. The second-order valence-electron chi connectivity index (χ2n) is 6.41. The zero-order valence-electron chi connectivity index (χ0n) is 15.9. The van der Waals surface area contributed by atoms with E-state index in [0.29, 0.717) is 32.8 Å². The van der Waals surface area contributed by atoms with Gasteiger partial charge in [-0.25, -0.2) is 4.98 Å². The van der Waals surface area contributed by atoms with Gasteiger partial charge in [-0.3, -0.25) is 4.79 Å². The Kier molecular flexibility index (Phi) is 6.42. The van der Waals surface area contributed by atoms with Gasteiger partial charge in [-0.05, 0) is 24.3 Å². The number of aromatic nitrogens is 2. The van der Waals surface area contributed by atoms with Gasteiger partial charge in [0.25, 0.3) is 0 Å². The van der Waals surface area contributed by atoms with Crippen LogP contribution in [0.4, 0.5) is 11.5 Å². The molecular weight excluding hydrogens is 379 g/mol. The number of hydrogen-bond acceptors (Lipinski definition) is 6. The minimum absolute atomic E-state index is 0. The van der Waals surface area contributed by atoms with Crippen molar-refractivity contribution in [2.45, 2.75) is 6.54 Å². The van der Waals surface area contributed by atoms with Crippen molar-refractivity contribution in [3.8, 4) is 0 Å². The second kappa shape index (κ2) is 8.06. The van der Waals surface area contributed by atoms with Crippen molar-refractivity contribution in [2.24, 2.45) is 0 Å². The van der Waals surface area contributed by atoms with Crippen LogP contribution in [-0.4, -0.2) is 43.7 Å². The van der Waals surface area contributed by atoms with E-state index in [1.54, 1.807) is 48.2 Å². The summed E-state index contributed by atoms with van der Waals surface area (Å²) in [7, 11) is 7.20. The number of carboxylic acid groups (broad SMARTS) is 1. The first kappa shape index (κ1) is 21.5. The molecule has 0 fully saturated rings. The molecule has 0 bridgehead atoms. The van der Waals surface area contributed by atoms with Gasteiger partial charge in [0.15, 0.2) is 5.43 Å². The molecule has 3 rings (SSSR count). The first-order chi connectivity index (χ1) is 12.2. The number of aliphatic carboxylic acids is 1. The van der Waals surface area contributed by atoms with E-state index in [2.05, 4.69) is 4.98 Å². The second-order valence-corrected chi connectivity index (χ2v) is 6.82. The molecule has 0 N–H and O–H groups in total. The van der Waals surface area contributed by atoms with Crippen molar-refractivity contribution in [1.29, 1.82) is 0 Å². The Hall–Kier alpha value is -1.80. The van der Waals surface area contributed by atoms with Crippen LogP contribution in [0.2, 0.25) is 5.02 Å². The van der Waals surface area contributed by atoms with Crippen molar-refractivity contribution in [2.75, 3.05) is 38.0 Å². The first-order valence-electron chi connectivity index (χ1n) is 7.92. The third kappa shape index (κ3) is 3.78. The Balaban J connectivity index is 0.00000261. The molecule has 0 aliphatic rings. The van der Waals surface area contributed by atoms with Crippen molar-refractivity contribution in [3.63, 3.8) is 0 Å². The van der Waals surface area contributed by atoms with Crippen molar-refractivity contribution in [1.82, 2.24) is 9.55 Å². The molecule has 0 aliphatic heterocycles. The number of anilines is 2. The summed E-state index contributed by atoms with van der Waals surface area (Å²) >= 11 is 6.34. The number of carbonyl (C=O) groups excluding carboxylic acids is 1. The van der Waals surface area contributed by atoms with Gasteiger partial charge in [-0.2, -0.15) is 0 Å². The summed E-state index contributed by atoms with van der Waals surface area (Å²) < 4.78 is 1.48. The molecule has 3 aromatic rings. The third-order valence-electron chi connectivity index (χ3n) is 4.17. The predicted molar refractivity (Wildman–Crippen MR) is 102 cm³/mol. The van der Waals surface area contributed by atoms with Gasteiger partial charge in [0.1, 0.15) is 11.5 Å². The van der Waals surface area contributed by atoms with Crippen molar-refractivity contribution >= 4 is 51.0 Å². The standard InChI is InChI=1S/C18H19ClN4O3.Na/c1-21(2)13-8-6-11-17(26)10-5-7-12(19)16(22(3)4)15(10)23(9-14(24)25)18(11)20-13;/h5-8H,9H2,1-4H3,(H,24,25);/q;+1/p-1. The van der Waals surface area contributed by atoms with E-state index in [4.69, 9.17) is 11.6 Å². The fourth-order valence-electron chi connectivity index (χ4n) is 3.04. The molecule has 1 aromatic carbocycles. The number of hydrogen-bond donors (Lipinski definition) is 0. The van der Waals surface area contributed by atoms with Crippen LogP contribution in [-0.2, 0) is 11.3 Å². The number of rotatable bonds is 4. The summed E-state index contributed by atoms with van der Waals surface area (Å²) in [5.74, 6) is -0.672. The van der Waals surface area contributed by atoms with E-state index in [9.17, 15) is 14.7 Å². The van der Waals surface area contributed by atoms with Crippen LogP contribution in [0.5, 0.6) is 0 Å². The monoisotopic (exact) mass is 396 g/mol. The van der Waals surface area contributed by atoms with Gasteiger partial charge < -0.3 is 24.3 Å². The molecule has 0 radical (unpaired) electrons. The summed E-state index contributed by atoms with van der Waals surface area (Å²) in [5.41, 5.74) is 1.04. The van der Waals surface area contributed by atoms with E-state index in [1.807, 2.05) is 14.1 Å². The van der Waals surface area contributed by atoms with E-state index < -0.39 is 12.5 Å². The maximum Gasteiger partial charge on any atom is 1.00 e. The van der Waals surface area contributed by atoms with E-state index in [1.165, 1.54) is 4.57 Å². The molecule has 0 saturated carbocycles. The zero-order valence-corrected chi connectivity index (χ0v) is 18.7. The number of carboxylic acids is 1. The minimum atomic E-state index is -1.28.